The van der Waals surface area contributed by atoms with Gasteiger partial charge in [0.25, 0.3) is 0 Å². The molecule has 1 unspecified atom stereocenters. The molecular weight excluding hydrogens is 260 g/mol. The van der Waals surface area contributed by atoms with Crippen LogP contribution in [0, 0.1) is 11.6 Å². The lowest BCUT2D eigenvalue weighted by Gasteiger charge is -2.24. The van der Waals surface area contributed by atoms with Crippen LogP contribution in [0.15, 0.2) is 36.4 Å². The van der Waals surface area contributed by atoms with Gasteiger partial charge in [0.2, 0.25) is 0 Å². The van der Waals surface area contributed by atoms with Crippen LogP contribution >= 0.6 is 0 Å². The number of nitrogens with zero attached hydrogens (tertiary/aromatic N) is 1. The fourth-order valence-electron chi connectivity index (χ4n) is 2.71. The summed E-state index contributed by atoms with van der Waals surface area (Å²) in [6.45, 7) is 2.30. The summed E-state index contributed by atoms with van der Waals surface area (Å²) in [6.07, 6.45) is 0.0324. The Labute approximate surface area is 116 Å². The summed E-state index contributed by atoms with van der Waals surface area (Å²) >= 11 is 0. The average Bonchev–Trinajstić information content (AvgIpc) is 2.81. The number of hydrogen-bond acceptors (Lipinski definition) is 2. The molecule has 0 radical (unpaired) electrons. The van der Waals surface area contributed by atoms with Crippen molar-refractivity contribution in [3.8, 4) is 0 Å². The predicted octanol–water partition coefficient (Wildman–Crippen LogP) is 3.71. The number of halogens is 2. The molecule has 4 heteroatoms. The summed E-state index contributed by atoms with van der Waals surface area (Å²) in [5.41, 5.74) is 3.10. The van der Waals surface area contributed by atoms with E-state index in [1.54, 1.807) is 19.1 Å². The maximum atomic E-state index is 13.4. The standard InChI is InChI=1S/C16H15F2NO/c1-10(20)14-8-12(17)4-5-15(14)19-7-6-11-2-3-13(18)9-16(11)19/h2-5,8-10,20H,6-7H2,1H3. The van der Waals surface area contributed by atoms with Gasteiger partial charge in [-0.3, -0.25) is 0 Å². The van der Waals surface area contributed by atoms with Crippen LogP contribution in [0.1, 0.15) is 24.2 Å². The van der Waals surface area contributed by atoms with Crippen molar-refractivity contribution in [1.82, 2.24) is 0 Å². The van der Waals surface area contributed by atoms with Gasteiger partial charge in [0.05, 0.1) is 6.10 Å². The van der Waals surface area contributed by atoms with Gasteiger partial charge in [-0.25, -0.2) is 8.78 Å². The lowest BCUT2D eigenvalue weighted by molar-refractivity contribution is 0.199. The molecule has 3 rings (SSSR count). The molecule has 0 saturated carbocycles. The van der Waals surface area contributed by atoms with Gasteiger partial charge in [-0.05, 0) is 49.2 Å². The van der Waals surface area contributed by atoms with E-state index in [1.165, 1.54) is 24.3 Å². The Kier molecular flexibility index (Phi) is 3.18. The number of hydrogen-bond donors (Lipinski definition) is 1. The van der Waals surface area contributed by atoms with E-state index in [-0.39, 0.29) is 11.6 Å². The largest absolute Gasteiger partial charge is 0.389 e. The van der Waals surface area contributed by atoms with Crippen molar-refractivity contribution in [2.75, 3.05) is 11.4 Å². The molecule has 0 amide bonds. The van der Waals surface area contributed by atoms with Crippen LogP contribution in [0.5, 0.6) is 0 Å². The molecule has 2 aromatic rings. The summed E-state index contributed by atoms with van der Waals surface area (Å²) < 4.78 is 26.8. The molecule has 1 aliphatic heterocycles. The number of aliphatic hydroxyl groups excluding tert-OH is 1. The van der Waals surface area contributed by atoms with Gasteiger partial charge in [-0.2, -0.15) is 0 Å². The second-order valence-corrected chi connectivity index (χ2v) is 5.05. The zero-order valence-electron chi connectivity index (χ0n) is 11.1. The van der Waals surface area contributed by atoms with Gasteiger partial charge in [0, 0.05) is 23.5 Å². The number of fused-ring (bicyclic) bond motifs is 1. The molecule has 0 saturated heterocycles. The molecule has 1 aliphatic rings. The van der Waals surface area contributed by atoms with Crippen LogP contribution < -0.4 is 4.90 Å². The molecule has 1 heterocycles. The molecule has 0 fully saturated rings. The Morgan fingerprint density at radius 2 is 1.75 bits per heavy atom. The average molecular weight is 275 g/mol. The molecule has 104 valence electrons. The minimum absolute atomic E-state index is 0.295. The van der Waals surface area contributed by atoms with E-state index in [9.17, 15) is 13.9 Å². The summed E-state index contributed by atoms with van der Waals surface area (Å²) in [5, 5.41) is 9.82. The van der Waals surface area contributed by atoms with Crippen molar-refractivity contribution < 1.29 is 13.9 Å². The van der Waals surface area contributed by atoms with E-state index in [0.29, 0.717) is 12.1 Å². The first kappa shape index (κ1) is 13.1. The normalized spacial score (nSPS) is 15.3. The molecule has 1 atom stereocenters. The van der Waals surface area contributed by atoms with E-state index in [4.69, 9.17) is 0 Å². The summed E-state index contributed by atoms with van der Waals surface area (Å²) in [6, 6.07) is 9.03. The van der Waals surface area contributed by atoms with Gasteiger partial charge < -0.3 is 10.0 Å². The van der Waals surface area contributed by atoms with Gasteiger partial charge >= 0.3 is 0 Å². The second-order valence-electron chi connectivity index (χ2n) is 5.05. The SMILES string of the molecule is CC(O)c1cc(F)ccc1N1CCc2ccc(F)cc21. The number of rotatable bonds is 2. The first-order valence-electron chi connectivity index (χ1n) is 6.60. The van der Waals surface area contributed by atoms with Crippen LogP contribution in [-0.4, -0.2) is 11.7 Å². The fourth-order valence-corrected chi connectivity index (χ4v) is 2.71. The smallest absolute Gasteiger partial charge is 0.125 e. The molecule has 0 bridgehead atoms. The van der Waals surface area contributed by atoms with Crippen LogP contribution in [0.4, 0.5) is 20.2 Å². The Morgan fingerprint density at radius 1 is 1.05 bits per heavy atom. The molecule has 0 aliphatic carbocycles. The highest BCUT2D eigenvalue weighted by Gasteiger charge is 2.24. The second kappa shape index (κ2) is 4.87. The Bertz CT molecular complexity index is 655. The number of benzene rings is 2. The third-order valence-electron chi connectivity index (χ3n) is 3.67. The van der Waals surface area contributed by atoms with Gasteiger partial charge in [0.1, 0.15) is 11.6 Å². The molecule has 0 aromatic heterocycles. The van der Waals surface area contributed by atoms with Crippen molar-refractivity contribution in [3.63, 3.8) is 0 Å². The van der Waals surface area contributed by atoms with E-state index in [2.05, 4.69) is 0 Å². The Morgan fingerprint density at radius 3 is 2.50 bits per heavy atom. The maximum absolute atomic E-state index is 13.4. The summed E-state index contributed by atoms with van der Waals surface area (Å²) in [7, 11) is 0. The van der Waals surface area contributed by atoms with Crippen molar-refractivity contribution in [3.05, 3.63) is 59.2 Å². The van der Waals surface area contributed by atoms with Crippen LogP contribution in [0.3, 0.4) is 0 Å². The molecule has 0 spiro atoms. The number of aliphatic hydroxyl groups is 1. The Balaban J connectivity index is 2.10. The third-order valence-corrected chi connectivity index (χ3v) is 3.67. The minimum Gasteiger partial charge on any atom is -0.389 e. The van der Waals surface area contributed by atoms with Crippen LogP contribution in [0.25, 0.3) is 0 Å². The van der Waals surface area contributed by atoms with Crippen molar-refractivity contribution in [2.24, 2.45) is 0 Å². The first-order valence-corrected chi connectivity index (χ1v) is 6.60. The highest BCUT2D eigenvalue weighted by atomic mass is 19.1. The van der Waals surface area contributed by atoms with E-state index < -0.39 is 6.10 Å². The first-order chi connectivity index (χ1) is 9.56. The van der Waals surface area contributed by atoms with E-state index >= 15 is 0 Å². The monoisotopic (exact) mass is 275 g/mol. The van der Waals surface area contributed by atoms with Crippen molar-refractivity contribution in [1.29, 1.82) is 0 Å². The quantitative estimate of drug-likeness (QED) is 0.903. The van der Waals surface area contributed by atoms with Gasteiger partial charge in [-0.1, -0.05) is 6.07 Å². The lowest BCUT2D eigenvalue weighted by atomic mass is 10.1. The maximum Gasteiger partial charge on any atom is 0.125 e. The molecule has 20 heavy (non-hydrogen) atoms. The molecular formula is C16H15F2NO. The highest BCUT2D eigenvalue weighted by molar-refractivity contribution is 5.72. The summed E-state index contributed by atoms with van der Waals surface area (Å²) in [5.74, 6) is -0.681. The van der Waals surface area contributed by atoms with Gasteiger partial charge in [-0.15, -0.1) is 0 Å². The van der Waals surface area contributed by atoms with E-state index in [0.717, 1.165) is 23.4 Å². The zero-order valence-corrected chi connectivity index (χ0v) is 11.1. The third kappa shape index (κ3) is 2.16. The predicted molar refractivity (Wildman–Crippen MR) is 74.1 cm³/mol. The molecule has 2 aromatic carbocycles. The minimum atomic E-state index is -0.779. The van der Waals surface area contributed by atoms with Crippen molar-refractivity contribution >= 4 is 11.4 Å². The summed E-state index contributed by atoms with van der Waals surface area (Å²) in [4.78, 5) is 1.93. The Hall–Kier alpha value is -1.94. The highest BCUT2D eigenvalue weighted by Crippen LogP contribution is 2.38. The van der Waals surface area contributed by atoms with Gasteiger partial charge in [0.15, 0.2) is 0 Å². The zero-order chi connectivity index (χ0) is 14.3. The van der Waals surface area contributed by atoms with Crippen LogP contribution in [-0.2, 0) is 6.42 Å². The van der Waals surface area contributed by atoms with Crippen LogP contribution in [0.2, 0.25) is 0 Å². The topological polar surface area (TPSA) is 23.5 Å². The van der Waals surface area contributed by atoms with E-state index in [1.807, 2.05) is 4.90 Å². The molecule has 1 N–H and O–H groups in total. The lowest BCUT2D eigenvalue weighted by Crippen LogP contribution is -2.16. The molecule has 2 nitrogen and oxygen atoms in total. The fraction of sp³-hybridized carbons (Fsp3) is 0.250. The van der Waals surface area contributed by atoms with Crippen molar-refractivity contribution in [2.45, 2.75) is 19.4 Å². The number of anilines is 2.